The van der Waals surface area contributed by atoms with Gasteiger partial charge >= 0.3 is 0 Å². The Bertz CT molecular complexity index is 145. The van der Waals surface area contributed by atoms with Crippen LogP contribution in [0.3, 0.4) is 0 Å². The fourth-order valence-corrected chi connectivity index (χ4v) is 0.700. The predicted molar refractivity (Wildman–Crippen MR) is 51.4 cm³/mol. The van der Waals surface area contributed by atoms with Crippen molar-refractivity contribution in [2.75, 3.05) is 6.54 Å². The average molecular weight is 153 g/mol. The van der Waals surface area contributed by atoms with Crippen molar-refractivity contribution >= 4 is 0 Å². The minimum absolute atomic E-state index is 0.246. The molecule has 0 aliphatic heterocycles. The number of rotatable bonds is 5. The molecule has 1 heteroatoms. The third-order valence-corrected chi connectivity index (χ3v) is 2.19. The molecule has 0 radical (unpaired) electrons. The molecular weight excluding hydrogens is 134 g/mol. The average Bonchev–Trinajstić information content (AvgIpc) is 1.88. The van der Waals surface area contributed by atoms with Crippen LogP contribution in [-0.2, 0) is 0 Å². The lowest BCUT2D eigenvalue weighted by Crippen LogP contribution is -2.19. The van der Waals surface area contributed by atoms with Crippen LogP contribution >= 0.6 is 0 Å². The Hall–Kier alpha value is -0.720. The lowest BCUT2D eigenvalue weighted by molar-refractivity contribution is 0.406. The summed E-state index contributed by atoms with van der Waals surface area (Å²) in [6.07, 6.45) is 2.84. The molecule has 0 amide bonds. The molecule has 0 aromatic carbocycles. The van der Waals surface area contributed by atoms with Crippen LogP contribution in [0.2, 0.25) is 0 Å². The van der Waals surface area contributed by atoms with Gasteiger partial charge in [-0.3, -0.25) is 0 Å². The minimum atomic E-state index is 0.246. The van der Waals surface area contributed by atoms with Crippen molar-refractivity contribution in [3.63, 3.8) is 0 Å². The van der Waals surface area contributed by atoms with Crippen molar-refractivity contribution in [3.05, 3.63) is 24.9 Å². The summed E-state index contributed by atoms with van der Waals surface area (Å²) in [5.41, 5.74) is 1.49. The van der Waals surface area contributed by atoms with E-state index in [1.54, 1.807) is 6.20 Å². The zero-order chi connectivity index (χ0) is 8.91. The van der Waals surface area contributed by atoms with E-state index in [1.807, 2.05) is 0 Å². The maximum absolute atomic E-state index is 3.95. The van der Waals surface area contributed by atoms with E-state index in [0.717, 1.165) is 13.0 Å². The first-order valence-corrected chi connectivity index (χ1v) is 4.01. The molecule has 0 fully saturated rings. The SMILES string of the molecule is C=CNCCC(C)(C)C(=C)C. The molecule has 11 heavy (non-hydrogen) atoms. The minimum Gasteiger partial charge on any atom is -0.391 e. The second-order valence-corrected chi connectivity index (χ2v) is 3.57. The van der Waals surface area contributed by atoms with Crippen molar-refractivity contribution < 1.29 is 0 Å². The Morgan fingerprint density at radius 3 is 2.45 bits per heavy atom. The Labute approximate surface area is 70.2 Å². The maximum atomic E-state index is 3.95. The molecule has 0 unspecified atom stereocenters. The zero-order valence-corrected chi connectivity index (χ0v) is 7.91. The van der Waals surface area contributed by atoms with E-state index in [-0.39, 0.29) is 5.41 Å². The van der Waals surface area contributed by atoms with E-state index >= 15 is 0 Å². The van der Waals surface area contributed by atoms with Gasteiger partial charge in [0.15, 0.2) is 0 Å². The van der Waals surface area contributed by atoms with Crippen LogP contribution in [-0.4, -0.2) is 6.54 Å². The second kappa shape index (κ2) is 4.22. The number of hydrogen-bond acceptors (Lipinski definition) is 1. The van der Waals surface area contributed by atoms with Gasteiger partial charge < -0.3 is 5.32 Å². The fourth-order valence-electron chi connectivity index (χ4n) is 0.700. The van der Waals surface area contributed by atoms with Crippen LogP contribution in [0.4, 0.5) is 0 Å². The van der Waals surface area contributed by atoms with E-state index in [0.29, 0.717) is 0 Å². The first-order chi connectivity index (χ1) is 5.00. The molecule has 0 spiro atoms. The quantitative estimate of drug-likeness (QED) is 0.473. The number of nitrogens with one attached hydrogen (secondary N) is 1. The van der Waals surface area contributed by atoms with Crippen molar-refractivity contribution in [2.45, 2.75) is 27.2 Å². The lowest BCUT2D eigenvalue weighted by atomic mass is 9.83. The highest BCUT2D eigenvalue weighted by Gasteiger charge is 2.17. The topological polar surface area (TPSA) is 12.0 Å². The summed E-state index contributed by atoms with van der Waals surface area (Å²) in [7, 11) is 0. The monoisotopic (exact) mass is 153 g/mol. The van der Waals surface area contributed by atoms with Gasteiger partial charge in [-0.1, -0.05) is 32.6 Å². The summed E-state index contributed by atoms with van der Waals surface area (Å²) in [6, 6.07) is 0. The molecule has 1 N–H and O–H groups in total. The largest absolute Gasteiger partial charge is 0.391 e. The molecule has 0 rings (SSSR count). The smallest absolute Gasteiger partial charge is 0.0149 e. The molecule has 1 nitrogen and oxygen atoms in total. The third-order valence-electron chi connectivity index (χ3n) is 2.19. The third kappa shape index (κ3) is 3.87. The van der Waals surface area contributed by atoms with Gasteiger partial charge in [0.05, 0.1) is 0 Å². The molecule has 0 aliphatic carbocycles. The van der Waals surface area contributed by atoms with Gasteiger partial charge in [-0.05, 0) is 25.0 Å². The number of allylic oxidation sites excluding steroid dienone is 1. The van der Waals surface area contributed by atoms with Gasteiger partial charge in [-0.2, -0.15) is 0 Å². The molecule has 0 saturated carbocycles. The lowest BCUT2D eigenvalue weighted by Gasteiger charge is -2.24. The van der Waals surface area contributed by atoms with Crippen molar-refractivity contribution in [2.24, 2.45) is 5.41 Å². The van der Waals surface area contributed by atoms with Gasteiger partial charge in [0.1, 0.15) is 0 Å². The Balaban J connectivity index is 3.72. The summed E-state index contributed by atoms with van der Waals surface area (Å²) in [4.78, 5) is 0. The molecule has 0 saturated heterocycles. The highest BCUT2D eigenvalue weighted by atomic mass is 14.8. The molecule has 0 aromatic rings. The Kier molecular flexibility index (Phi) is 3.94. The van der Waals surface area contributed by atoms with E-state index in [2.05, 4.69) is 39.2 Å². The number of hydrogen-bond donors (Lipinski definition) is 1. The Morgan fingerprint density at radius 2 is 2.09 bits per heavy atom. The van der Waals surface area contributed by atoms with Gasteiger partial charge in [0, 0.05) is 6.54 Å². The molecule has 0 atom stereocenters. The van der Waals surface area contributed by atoms with Crippen LogP contribution in [0.25, 0.3) is 0 Å². The second-order valence-electron chi connectivity index (χ2n) is 3.57. The van der Waals surface area contributed by atoms with E-state index in [9.17, 15) is 0 Å². The zero-order valence-electron chi connectivity index (χ0n) is 7.91. The van der Waals surface area contributed by atoms with Crippen molar-refractivity contribution in [1.82, 2.24) is 5.32 Å². The highest BCUT2D eigenvalue weighted by Crippen LogP contribution is 2.27. The standard InChI is InChI=1S/C10H19N/c1-6-11-8-7-10(4,5)9(2)3/h6,11H,1-2,7-8H2,3-5H3. The summed E-state index contributed by atoms with van der Waals surface area (Å²) in [5.74, 6) is 0. The van der Waals surface area contributed by atoms with Crippen LogP contribution in [0.15, 0.2) is 24.9 Å². The van der Waals surface area contributed by atoms with E-state index < -0.39 is 0 Å². The summed E-state index contributed by atoms with van der Waals surface area (Å²) < 4.78 is 0. The first-order valence-electron chi connectivity index (χ1n) is 4.01. The summed E-state index contributed by atoms with van der Waals surface area (Å²) in [6.45, 7) is 15.0. The fraction of sp³-hybridized carbons (Fsp3) is 0.600. The van der Waals surface area contributed by atoms with E-state index in [4.69, 9.17) is 0 Å². The van der Waals surface area contributed by atoms with Crippen LogP contribution < -0.4 is 5.32 Å². The van der Waals surface area contributed by atoms with E-state index in [1.165, 1.54) is 5.57 Å². The maximum Gasteiger partial charge on any atom is 0.0149 e. The van der Waals surface area contributed by atoms with Gasteiger partial charge in [0.2, 0.25) is 0 Å². The molecule has 0 bridgehead atoms. The van der Waals surface area contributed by atoms with Crippen LogP contribution in [0.5, 0.6) is 0 Å². The normalized spacial score (nSPS) is 10.8. The Morgan fingerprint density at radius 1 is 1.55 bits per heavy atom. The highest BCUT2D eigenvalue weighted by molar-refractivity contribution is 5.03. The van der Waals surface area contributed by atoms with Crippen LogP contribution in [0, 0.1) is 5.41 Å². The molecule has 0 heterocycles. The molecule has 0 aliphatic rings. The molecular formula is C10H19N. The van der Waals surface area contributed by atoms with Gasteiger partial charge in [-0.15, -0.1) is 0 Å². The predicted octanol–water partition coefficient (Wildman–Crippen LogP) is 2.71. The van der Waals surface area contributed by atoms with Crippen LogP contribution in [0.1, 0.15) is 27.2 Å². The summed E-state index contributed by atoms with van der Waals surface area (Å²) in [5, 5.41) is 3.08. The van der Waals surface area contributed by atoms with Gasteiger partial charge in [-0.25, -0.2) is 0 Å². The van der Waals surface area contributed by atoms with Crippen molar-refractivity contribution in [3.8, 4) is 0 Å². The summed E-state index contributed by atoms with van der Waals surface area (Å²) >= 11 is 0. The first kappa shape index (κ1) is 10.3. The van der Waals surface area contributed by atoms with Crippen molar-refractivity contribution in [1.29, 1.82) is 0 Å². The molecule has 64 valence electrons. The van der Waals surface area contributed by atoms with Gasteiger partial charge in [0.25, 0.3) is 0 Å². The molecule has 0 aromatic heterocycles.